The first-order valence-corrected chi connectivity index (χ1v) is 7.61. The van der Waals surface area contributed by atoms with Gasteiger partial charge in [0.1, 0.15) is 0 Å². The molecule has 19 heavy (non-hydrogen) atoms. The Balaban J connectivity index is 1.90. The summed E-state index contributed by atoms with van der Waals surface area (Å²) in [5, 5.41) is 4.52. The van der Waals surface area contributed by atoms with Gasteiger partial charge in [-0.25, -0.2) is 0 Å². The zero-order valence-electron chi connectivity index (χ0n) is 10.9. The molecule has 1 aliphatic rings. The van der Waals surface area contributed by atoms with Crippen LogP contribution in [0, 0.1) is 6.92 Å². The molecule has 0 radical (unpaired) electrons. The third-order valence-electron chi connectivity index (χ3n) is 3.52. The van der Waals surface area contributed by atoms with E-state index in [2.05, 4.69) is 10.1 Å². The van der Waals surface area contributed by atoms with Crippen LogP contribution in [0.4, 0.5) is 5.69 Å². The molecule has 0 spiro atoms. The molecule has 0 aliphatic carbocycles. The van der Waals surface area contributed by atoms with Gasteiger partial charge >= 0.3 is 0 Å². The van der Waals surface area contributed by atoms with Gasteiger partial charge in [0.05, 0.1) is 5.25 Å². The first-order chi connectivity index (χ1) is 9.25. The lowest BCUT2D eigenvalue weighted by Gasteiger charge is -2.17. The van der Waals surface area contributed by atoms with Crippen LogP contribution in [0.5, 0.6) is 0 Å². The van der Waals surface area contributed by atoms with Crippen LogP contribution in [-0.4, -0.2) is 15.9 Å². The number of benzene rings is 1. The highest BCUT2D eigenvalue weighted by molar-refractivity contribution is 7.99. The molecule has 1 aliphatic heterocycles. The molecule has 1 aromatic heterocycles. The van der Waals surface area contributed by atoms with Gasteiger partial charge in [-0.05, 0) is 43.2 Å². The topological polar surface area (TPSA) is 64.9 Å². The summed E-state index contributed by atoms with van der Waals surface area (Å²) in [6.45, 7) is 1.98. The maximum Gasteiger partial charge on any atom is 0.258 e. The number of rotatable bonds is 2. The molecule has 0 bridgehead atoms. The quantitative estimate of drug-likeness (QED) is 0.848. The summed E-state index contributed by atoms with van der Waals surface area (Å²) < 4.78 is 5.41. The van der Waals surface area contributed by atoms with E-state index in [0.29, 0.717) is 11.1 Å². The Kier molecular flexibility index (Phi) is 3.46. The minimum absolute atomic E-state index is 0.382. The van der Waals surface area contributed by atoms with E-state index in [1.54, 1.807) is 0 Å². The van der Waals surface area contributed by atoms with Gasteiger partial charge in [0.2, 0.25) is 0 Å². The molecule has 2 N–H and O–H groups in total. The van der Waals surface area contributed by atoms with Gasteiger partial charge < -0.3 is 10.3 Å². The summed E-state index contributed by atoms with van der Waals surface area (Å²) in [6.07, 6.45) is 3.68. The molecule has 3 rings (SSSR count). The number of anilines is 1. The molecule has 2 heterocycles. The second kappa shape index (κ2) is 5.25. The zero-order valence-corrected chi connectivity index (χ0v) is 11.7. The van der Waals surface area contributed by atoms with Gasteiger partial charge in [0, 0.05) is 11.3 Å². The van der Waals surface area contributed by atoms with Gasteiger partial charge in [0.15, 0.2) is 5.82 Å². The summed E-state index contributed by atoms with van der Waals surface area (Å²) >= 11 is 1.92. The van der Waals surface area contributed by atoms with Gasteiger partial charge in [-0.1, -0.05) is 17.6 Å². The lowest BCUT2D eigenvalue weighted by molar-refractivity contribution is 0.420. The fourth-order valence-electron chi connectivity index (χ4n) is 2.30. The van der Waals surface area contributed by atoms with Crippen LogP contribution < -0.4 is 5.73 Å². The van der Waals surface area contributed by atoms with Crippen molar-refractivity contribution >= 4 is 17.4 Å². The monoisotopic (exact) mass is 275 g/mol. The second-order valence-electron chi connectivity index (χ2n) is 4.83. The predicted octanol–water partition coefficient (Wildman–Crippen LogP) is 3.59. The molecule has 4 nitrogen and oxygen atoms in total. The van der Waals surface area contributed by atoms with Crippen LogP contribution >= 0.6 is 11.8 Å². The molecule has 0 amide bonds. The Hall–Kier alpha value is -1.49. The molecular formula is C14H17N3OS. The average Bonchev–Trinajstić information content (AvgIpc) is 2.92. The van der Waals surface area contributed by atoms with Crippen LogP contribution in [0.2, 0.25) is 0 Å². The Bertz CT molecular complexity index is 576. The third kappa shape index (κ3) is 2.47. The van der Waals surface area contributed by atoms with E-state index in [9.17, 15) is 0 Å². The molecular weight excluding hydrogens is 258 g/mol. The van der Waals surface area contributed by atoms with Crippen LogP contribution in [0.3, 0.4) is 0 Å². The average molecular weight is 275 g/mol. The van der Waals surface area contributed by atoms with Crippen molar-refractivity contribution in [2.75, 3.05) is 11.5 Å². The SMILES string of the molecule is Cc1c(N)cccc1-c1nc(C2CCCCS2)no1. The van der Waals surface area contributed by atoms with E-state index in [0.717, 1.165) is 29.1 Å². The standard InChI is InChI=1S/C14H17N3OS/c1-9-10(5-4-6-11(9)15)14-16-13(17-18-14)12-7-2-3-8-19-12/h4-6,12H,2-3,7-8,15H2,1H3. The van der Waals surface area contributed by atoms with Gasteiger partial charge in [-0.2, -0.15) is 16.7 Å². The number of aromatic nitrogens is 2. The molecule has 1 saturated heterocycles. The summed E-state index contributed by atoms with van der Waals surface area (Å²) in [5.41, 5.74) is 8.59. The summed E-state index contributed by atoms with van der Waals surface area (Å²) in [7, 11) is 0. The van der Waals surface area contributed by atoms with Crippen molar-refractivity contribution in [2.45, 2.75) is 31.4 Å². The fourth-order valence-corrected chi connectivity index (χ4v) is 3.54. The van der Waals surface area contributed by atoms with E-state index in [-0.39, 0.29) is 0 Å². The number of nitrogen functional groups attached to an aromatic ring is 1. The Labute approximate surface area is 116 Å². The van der Waals surface area contributed by atoms with Crippen LogP contribution in [0.1, 0.15) is 35.9 Å². The van der Waals surface area contributed by atoms with Crippen molar-refractivity contribution in [1.82, 2.24) is 10.1 Å². The van der Waals surface area contributed by atoms with Crippen LogP contribution in [0.15, 0.2) is 22.7 Å². The minimum atomic E-state index is 0.382. The van der Waals surface area contributed by atoms with Gasteiger partial charge in [-0.15, -0.1) is 0 Å². The first-order valence-electron chi connectivity index (χ1n) is 6.56. The summed E-state index contributed by atoms with van der Waals surface area (Å²) in [4.78, 5) is 4.55. The van der Waals surface area contributed by atoms with E-state index in [4.69, 9.17) is 10.3 Å². The Morgan fingerprint density at radius 3 is 3.05 bits per heavy atom. The number of thioether (sulfide) groups is 1. The van der Waals surface area contributed by atoms with Gasteiger partial charge in [-0.3, -0.25) is 0 Å². The number of nitrogens with zero attached hydrogens (tertiary/aromatic N) is 2. The van der Waals surface area contributed by atoms with E-state index in [1.165, 1.54) is 18.6 Å². The normalized spacial score (nSPS) is 19.5. The molecule has 1 aromatic carbocycles. The smallest absolute Gasteiger partial charge is 0.258 e. The van der Waals surface area contributed by atoms with E-state index in [1.807, 2.05) is 36.9 Å². The van der Waals surface area contributed by atoms with E-state index >= 15 is 0 Å². The molecule has 5 heteroatoms. The number of hydrogen-bond donors (Lipinski definition) is 1. The first kappa shape index (κ1) is 12.5. The van der Waals surface area contributed by atoms with Crippen molar-refractivity contribution in [3.05, 3.63) is 29.6 Å². The molecule has 100 valence electrons. The lowest BCUT2D eigenvalue weighted by Crippen LogP contribution is -2.03. The van der Waals surface area contributed by atoms with Crippen molar-refractivity contribution in [1.29, 1.82) is 0 Å². The highest BCUT2D eigenvalue weighted by Gasteiger charge is 2.22. The second-order valence-corrected chi connectivity index (χ2v) is 6.14. The maximum atomic E-state index is 5.91. The van der Waals surface area contributed by atoms with Crippen LogP contribution in [0.25, 0.3) is 11.5 Å². The summed E-state index contributed by atoms with van der Waals surface area (Å²) in [6, 6.07) is 5.76. The Morgan fingerprint density at radius 1 is 1.37 bits per heavy atom. The molecule has 1 fully saturated rings. The highest BCUT2D eigenvalue weighted by atomic mass is 32.2. The fraction of sp³-hybridized carbons (Fsp3) is 0.429. The van der Waals surface area contributed by atoms with E-state index < -0.39 is 0 Å². The Morgan fingerprint density at radius 2 is 2.26 bits per heavy atom. The zero-order chi connectivity index (χ0) is 13.2. The minimum Gasteiger partial charge on any atom is -0.398 e. The largest absolute Gasteiger partial charge is 0.398 e. The molecule has 0 saturated carbocycles. The number of nitrogens with two attached hydrogens (primary N) is 1. The van der Waals surface area contributed by atoms with Crippen molar-refractivity contribution in [3.63, 3.8) is 0 Å². The molecule has 1 atom stereocenters. The number of hydrogen-bond acceptors (Lipinski definition) is 5. The van der Waals surface area contributed by atoms with Crippen molar-refractivity contribution < 1.29 is 4.52 Å². The molecule has 2 aromatic rings. The maximum absolute atomic E-state index is 5.91. The third-order valence-corrected chi connectivity index (χ3v) is 4.89. The van der Waals surface area contributed by atoms with Crippen molar-refractivity contribution in [2.24, 2.45) is 0 Å². The highest BCUT2D eigenvalue weighted by Crippen LogP contribution is 2.37. The predicted molar refractivity (Wildman–Crippen MR) is 77.9 cm³/mol. The van der Waals surface area contributed by atoms with Crippen LogP contribution in [-0.2, 0) is 0 Å². The van der Waals surface area contributed by atoms with Gasteiger partial charge in [0.25, 0.3) is 5.89 Å². The van der Waals surface area contributed by atoms with Crippen molar-refractivity contribution in [3.8, 4) is 11.5 Å². The summed E-state index contributed by atoms with van der Waals surface area (Å²) in [5.74, 6) is 2.58. The lowest BCUT2D eigenvalue weighted by atomic mass is 10.1. The molecule has 1 unspecified atom stereocenters.